The maximum atomic E-state index is 13.9. The van der Waals surface area contributed by atoms with E-state index in [0.29, 0.717) is 18.8 Å². The lowest BCUT2D eigenvalue weighted by Gasteiger charge is -2.36. The topological polar surface area (TPSA) is 20.2 Å². The van der Waals surface area contributed by atoms with E-state index in [1.165, 1.54) is 12.1 Å². The van der Waals surface area contributed by atoms with Gasteiger partial charge < -0.3 is 5.11 Å². The van der Waals surface area contributed by atoms with Crippen LogP contribution in [0.15, 0.2) is 16.6 Å². The fraction of sp³-hybridized carbons (Fsp3) is 0.600. The maximum Gasteiger partial charge on any atom is 0.143 e. The Kier molecular flexibility index (Phi) is 4.62. The molecule has 0 radical (unpaired) electrons. The molecule has 0 aromatic heterocycles. The largest absolute Gasteiger partial charge is 0.390 e. The second-order valence-corrected chi connectivity index (χ2v) is 6.43. The maximum absolute atomic E-state index is 13.9. The van der Waals surface area contributed by atoms with E-state index >= 15 is 0 Å². The molecule has 1 aromatic rings. The molecule has 1 N–H and O–H groups in total. The molecule has 1 aliphatic rings. The Morgan fingerprint density at radius 1 is 1.32 bits per heavy atom. The Balaban J connectivity index is 2.15. The molecule has 0 saturated heterocycles. The molecule has 1 fully saturated rings. The molecular formula is C15H19BrF2O. The smallest absolute Gasteiger partial charge is 0.143 e. The molecule has 1 aromatic carbocycles. The van der Waals surface area contributed by atoms with E-state index in [2.05, 4.69) is 22.9 Å². The standard InChI is InChI=1S/C15H19BrF2O/c1-2-10-5-7-15(19,8-6-10)9-11-13(17)4-3-12(16)14(11)18/h3-4,10,19H,2,5-9H2,1H3. The number of aliphatic hydroxyl groups is 1. The van der Waals surface area contributed by atoms with Crippen LogP contribution < -0.4 is 0 Å². The Morgan fingerprint density at radius 3 is 2.53 bits per heavy atom. The first-order chi connectivity index (χ1) is 8.95. The van der Waals surface area contributed by atoms with Gasteiger partial charge in [-0.2, -0.15) is 0 Å². The van der Waals surface area contributed by atoms with E-state index in [0.717, 1.165) is 19.3 Å². The van der Waals surface area contributed by atoms with Gasteiger partial charge in [0, 0.05) is 12.0 Å². The molecule has 106 valence electrons. The van der Waals surface area contributed by atoms with Crippen molar-refractivity contribution in [3.63, 3.8) is 0 Å². The normalized spacial score (nSPS) is 27.5. The number of halogens is 3. The lowest BCUT2D eigenvalue weighted by molar-refractivity contribution is -0.0105. The lowest BCUT2D eigenvalue weighted by atomic mass is 9.75. The third-order valence-electron chi connectivity index (χ3n) is 4.26. The molecule has 1 nitrogen and oxygen atoms in total. The monoisotopic (exact) mass is 332 g/mol. The first kappa shape index (κ1) is 14.9. The molecule has 4 heteroatoms. The van der Waals surface area contributed by atoms with Crippen molar-refractivity contribution in [2.24, 2.45) is 5.92 Å². The average molecular weight is 333 g/mol. The van der Waals surface area contributed by atoms with E-state index in [-0.39, 0.29) is 16.5 Å². The van der Waals surface area contributed by atoms with Crippen LogP contribution in [0.4, 0.5) is 8.78 Å². The van der Waals surface area contributed by atoms with Crippen LogP contribution in [-0.4, -0.2) is 10.7 Å². The Labute approximate surface area is 121 Å². The minimum Gasteiger partial charge on any atom is -0.390 e. The van der Waals surface area contributed by atoms with E-state index < -0.39 is 17.2 Å². The summed E-state index contributed by atoms with van der Waals surface area (Å²) < 4.78 is 27.9. The van der Waals surface area contributed by atoms with Gasteiger partial charge in [0.15, 0.2) is 0 Å². The van der Waals surface area contributed by atoms with E-state index in [4.69, 9.17) is 0 Å². The van der Waals surface area contributed by atoms with Gasteiger partial charge >= 0.3 is 0 Å². The molecule has 1 aliphatic carbocycles. The van der Waals surface area contributed by atoms with Crippen molar-refractivity contribution in [3.05, 3.63) is 33.8 Å². The van der Waals surface area contributed by atoms with Crippen LogP contribution in [0, 0.1) is 17.6 Å². The van der Waals surface area contributed by atoms with Crippen molar-refractivity contribution in [2.45, 2.75) is 51.0 Å². The molecule has 0 bridgehead atoms. The Bertz CT molecular complexity index is 454. The van der Waals surface area contributed by atoms with Crippen molar-refractivity contribution in [2.75, 3.05) is 0 Å². The lowest BCUT2D eigenvalue weighted by Crippen LogP contribution is -2.36. The molecule has 0 amide bonds. The van der Waals surface area contributed by atoms with Crippen molar-refractivity contribution in [1.29, 1.82) is 0 Å². The van der Waals surface area contributed by atoms with Crippen LogP contribution in [0.2, 0.25) is 0 Å². The van der Waals surface area contributed by atoms with E-state index in [1.807, 2.05) is 0 Å². The van der Waals surface area contributed by atoms with Crippen LogP contribution in [0.1, 0.15) is 44.6 Å². The summed E-state index contributed by atoms with van der Waals surface area (Å²) in [5.41, 5.74) is -0.972. The first-order valence-corrected chi connectivity index (χ1v) is 7.59. The van der Waals surface area contributed by atoms with Crippen molar-refractivity contribution < 1.29 is 13.9 Å². The second kappa shape index (κ2) is 5.88. The Hall–Kier alpha value is -0.480. The second-order valence-electron chi connectivity index (χ2n) is 5.57. The molecule has 0 spiro atoms. The molecule has 2 rings (SSSR count). The van der Waals surface area contributed by atoms with Crippen molar-refractivity contribution in [3.8, 4) is 0 Å². The van der Waals surface area contributed by atoms with Crippen LogP contribution in [0.25, 0.3) is 0 Å². The highest BCUT2D eigenvalue weighted by Gasteiger charge is 2.34. The van der Waals surface area contributed by atoms with Gasteiger partial charge in [-0.1, -0.05) is 13.3 Å². The highest BCUT2D eigenvalue weighted by Crippen LogP contribution is 2.37. The highest BCUT2D eigenvalue weighted by atomic mass is 79.9. The third kappa shape index (κ3) is 3.34. The van der Waals surface area contributed by atoms with Gasteiger partial charge in [-0.25, -0.2) is 8.78 Å². The Morgan fingerprint density at radius 2 is 1.95 bits per heavy atom. The summed E-state index contributed by atoms with van der Waals surface area (Å²) in [4.78, 5) is 0. The van der Waals surface area contributed by atoms with Gasteiger partial charge in [0.2, 0.25) is 0 Å². The predicted molar refractivity (Wildman–Crippen MR) is 75.0 cm³/mol. The fourth-order valence-corrected chi connectivity index (χ4v) is 3.23. The predicted octanol–water partition coefficient (Wildman–Crippen LogP) is 4.60. The zero-order valence-electron chi connectivity index (χ0n) is 11.1. The van der Waals surface area contributed by atoms with Gasteiger partial charge in [-0.3, -0.25) is 0 Å². The summed E-state index contributed by atoms with van der Waals surface area (Å²) in [7, 11) is 0. The number of hydrogen-bond acceptors (Lipinski definition) is 1. The molecular weight excluding hydrogens is 314 g/mol. The fourth-order valence-electron chi connectivity index (χ4n) is 2.86. The van der Waals surface area contributed by atoms with Crippen LogP contribution in [0.5, 0.6) is 0 Å². The van der Waals surface area contributed by atoms with Gasteiger partial charge in [-0.05, 0) is 59.7 Å². The quantitative estimate of drug-likeness (QED) is 0.802. The number of benzene rings is 1. The van der Waals surface area contributed by atoms with E-state index in [1.54, 1.807) is 0 Å². The highest BCUT2D eigenvalue weighted by molar-refractivity contribution is 9.10. The molecule has 0 heterocycles. The van der Waals surface area contributed by atoms with Gasteiger partial charge in [-0.15, -0.1) is 0 Å². The minimum absolute atomic E-state index is 0.00757. The van der Waals surface area contributed by atoms with Gasteiger partial charge in [0.25, 0.3) is 0 Å². The molecule has 1 saturated carbocycles. The van der Waals surface area contributed by atoms with E-state index in [9.17, 15) is 13.9 Å². The zero-order valence-corrected chi connectivity index (χ0v) is 12.6. The van der Waals surface area contributed by atoms with Crippen molar-refractivity contribution >= 4 is 15.9 Å². The van der Waals surface area contributed by atoms with Crippen molar-refractivity contribution in [1.82, 2.24) is 0 Å². The third-order valence-corrected chi connectivity index (χ3v) is 4.87. The summed E-state index contributed by atoms with van der Waals surface area (Å²) in [5.74, 6) is -0.532. The minimum atomic E-state index is -0.964. The van der Waals surface area contributed by atoms with Crippen LogP contribution >= 0.6 is 15.9 Å². The average Bonchev–Trinajstić information content (AvgIpc) is 2.40. The first-order valence-electron chi connectivity index (χ1n) is 6.80. The molecule has 19 heavy (non-hydrogen) atoms. The summed E-state index contributed by atoms with van der Waals surface area (Å²) in [5, 5.41) is 10.5. The SMILES string of the molecule is CCC1CCC(O)(Cc2c(F)ccc(Br)c2F)CC1. The molecule has 0 unspecified atom stereocenters. The molecule has 0 atom stereocenters. The summed E-state index contributed by atoms with van der Waals surface area (Å²) in [6.45, 7) is 2.14. The number of hydrogen-bond donors (Lipinski definition) is 1. The summed E-state index contributed by atoms with van der Waals surface area (Å²) in [6.07, 6.45) is 4.28. The zero-order chi connectivity index (χ0) is 14.0. The van der Waals surface area contributed by atoms with Crippen LogP contribution in [0.3, 0.4) is 0 Å². The number of rotatable bonds is 3. The summed E-state index contributed by atoms with van der Waals surface area (Å²) in [6, 6.07) is 2.59. The van der Waals surface area contributed by atoms with Gasteiger partial charge in [0.05, 0.1) is 10.1 Å². The van der Waals surface area contributed by atoms with Crippen LogP contribution in [-0.2, 0) is 6.42 Å². The summed E-state index contributed by atoms with van der Waals surface area (Å²) >= 11 is 3.06. The van der Waals surface area contributed by atoms with Gasteiger partial charge in [0.1, 0.15) is 11.6 Å². The molecule has 0 aliphatic heterocycles.